The first-order valence-electron chi connectivity index (χ1n) is 11.2. The zero-order chi connectivity index (χ0) is 25.0. The van der Waals surface area contributed by atoms with E-state index in [9.17, 15) is 8.42 Å². The zero-order valence-electron chi connectivity index (χ0n) is 19.5. The van der Waals surface area contributed by atoms with Gasteiger partial charge in [0.05, 0.1) is 36.3 Å². The van der Waals surface area contributed by atoms with Crippen molar-refractivity contribution in [3.8, 4) is 11.5 Å². The second-order valence-corrected chi connectivity index (χ2v) is 11.5. The molecule has 0 amide bonds. The summed E-state index contributed by atoms with van der Waals surface area (Å²) in [6.07, 6.45) is 5.44. The van der Waals surface area contributed by atoms with Gasteiger partial charge in [0.15, 0.2) is 5.76 Å². The average Bonchev–Trinajstić information content (AvgIpc) is 3.59. The highest BCUT2D eigenvalue weighted by molar-refractivity contribution is 7.98. The number of aromatic nitrogens is 1. The summed E-state index contributed by atoms with van der Waals surface area (Å²) in [5, 5.41) is 6.62. The smallest absolute Gasteiger partial charge is 0.243 e. The highest BCUT2D eigenvalue weighted by atomic mass is 32.2. The number of ether oxygens (including phenoxy) is 1. The fourth-order valence-electron chi connectivity index (χ4n) is 3.64. The third-order valence-electron chi connectivity index (χ3n) is 5.57. The Balaban J connectivity index is 1.48. The third kappa shape index (κ3) is 5.40. The molecule has 0 bridgehead atoms. The molecule has 4 aromatic rings. The van der Waals surface area contributed by atoms with Gasteiger partial charge in [-0.1, -0.05) is 12.1 Å². The number of rotatable bonds is 7. The van der Waals surface area contributed by atoms with Gasteiger partial charge in [0, 0.05) is 23.4 Å². The number of thiazole rings is 1. The second kappa shape index (κ2) is 11.0. The van der Waals surface area contributed by atoms with E-state index in [2.05, 4.69) is 17.2 Å². The molecule has 36 heavy (non-hydrogen) atoms. The lowest BCUT2D eigenvalue weighted by molar-refractivity contribution is 0.0730. The van der Waals surface area contributed by atoms with E-state index < -0.39 is 10.0 Å². The van der Waals surface area contributed by atoms with Crippen molar-refractivity contribution >= 4 is 45.0 Å². The van der Waals surface area contributed by atoms with E-state index >= 15 is 0 Å². The van der Waals surface area contributed by atoms with Crippen molar-refractivity contribution < 1.29 is 17.6 Å². The summed E-state index contributed by atoms with van der Waals surface area (Å²) in [5.41, 5.74) is 2.35. The lowest BCUT2D eigenvalue weighted by Crippen LogP contribution is -2.40. The maximum Gasteiger partial charge on any atom is 0.243 e. The Morgan fingerprint density at radius 3 is 2.44 bits per heavy atom. The highest BCUT2D eigenvalue weighted by Gasteiger charge is 2.26. The third-order valence-corrected chi connectivity index (χ3v) is 9.04. The average molecular weight is 541 g/mol. The lowest BCUT2D eigenvalue weighted by Gasteiger charge is -2.26. The van der Waals surface area contributed by atoms with Gasteiger partial charge in [-0.25, -0.2) is 18.1 Å². The molecule has 0 radical (unpaired) electrons. The maximum atomic E-state index is 12.9. The maximum absolute atomic E-state index is 12.9. The fraction of sp³-hybridized carbons (Fsp3) is 0.200. The van der Waals surface area contributed by atoms with Crippen LogP contribution in [-0.2, 0) is 14.8 Å². The van der Waals surface area contributed by atoms with Gasteiger partial charge >= 0.3 is 0 Å². The Bertz CT molecular complexity index is 1500. The number of hydrogen-bond donors (Lipinski definition) is 0. The quantitative estimate of drug-likeness (QED) is 0.251. The monoisotopic (exact) mass is 540 g/mol. The molecule has 5 rings (SSSR count). The van der Waals surface area contributed by atoms with Crippen LogP contribution < -0.4 is 4.80 Å². The Morgan fingerprint density at radius 2 is 1.78 bits per heavy atom. The molecule has 1 aliphatic heterocycles. The number of hydrogen-bond acceptors (Lipinski definition) is 8. The van der Waals surface area contributed by atoms with Gasteiger partial charge < -0.3 is 9.15 Å². The molecule has 0 atom stereocenters. The minimum atomic E-state index is -3.56. The molecule has 11 heteroatoms. The Kier molecular flexibility index (Phi) is 7.54. The van der Waals surface area contributed by atoms with Crippen molar-refractivity contribution in [3.05, 3.63) is 82.7 Å². The molecule has 0 spiro atoms. The minimum Gasteiger partial charge on any atom is -0.463 e. The molecule has 1 fully saturated rings. The second-order valence-electron chi connectivity index (χ2n) is 7.83. The summed E-state index contributed by atoms with van der Waals surface area (Å²) in [5.74, 6) is 0.675. The molecule has 8 nitrogen and oxygen atoms in total. The van der Waals surface area contributed by atoms with Crippen molar-refractivity contribution in [3.63, 3.8) is 0 Å². The molecular formula is C25H24N4O4S3. The van der Waals surface area contributed by atoms with Crippen LogP contribution in [-0.4, -0.2) is 56.2 Å². The Hall–Kier alpha value is -2.96. The summed E-state index contributed by atoms with van der Waals surface area (Å²) >= 11 is 3.11. The van der Waals surface area contributed by atoms with Crippen LogP contribution in [0.2, 0.25) is 0 Å². The first-order valence-corrected chi connectivity index (χ1v) is 14.7. The van der Waals surface area contributed by atoms with E-state index in [-0.39, 0.29) is 4.90 Å². The molecule has 3 heterocycles. The van der Waals surface area contributed by atoms with E-state index in [0.29, 0.717) is 42.6 Å². The van der Waals surface area contributed by atoms with Crippen LogP contribution in [0.25, 0.3) is 11.5 Å². The van der Waals surface area contributed by atoms with Crippen molar-refractivity contribution in [2.75, 3.05) is 32.6 Å². The van der Waals surface area contributed by atoms with Crippen molar-refractivity contribution in [1.29, 1.82) is 0 Å². The summed E-state index contributed by atoms with van der Waals surface area (Å²) in [7, 11) is -3.56. The first-order chi connectivity index (χ1) is 17.5. The van der Waals surface area contributed by atoms with Gasteiger partial charge in [0.25, 0.3) is 0 Å². The largest absolute Gasteiger partial charge is 0.463 e. The van der Waals surface area contributed by atoms with Crippen LogP contribution in [0.1, 0.15) is 5.56 Å². The molecule has 0 unspecified atom stereocenters. The lowest BCUT2D eigenvalue weighted by atomic mass is 10.2. The van der Waals surface area contributed by atoms with Gasteiger partial charge in [0.1, 0.15) is 5.69 Å². The number of sulfonamides is 1. The number of furan rings is 1. The Morgan fingerprint density at radius 1 is 1.03 bits per heavy atom. The van der Waals surface area contributed by atoms with Crippen molar-refractivity contribution in [1.82, 2.24) is 8.98 Å². The fourth-order valence-corrected chi connectivity index (χ4v) is 6.29. The molecule has 0 saturated carbocycles. The van der Waals surface area contributed by atoms with Crippen LogP contribution in [0.3, 0.4) is 0 Å². The van der Waals surface area contributed by atoms with E-state index in [1.807, 2.05) is 35.9 Å². The SMILES string of the molecule is CSc1ccc(C=Nn2c(-c3ccco3)csc2=Nc2ccc(S(=O)(=O)N3CCOCC3)cc2)cc1. The predicted molar refractivity (Wildman–Crippen MR) is 142 cm³/mol. The predicted octanol–water partition coefficient (Wildman–Crippen LogP) is 4.67. The minimum absolute atomic E-state index is 0.241. The van der Waals surface area contributed by atoms with Crippen molar-refractivity contribution in [2.45, 2.75) is 9.79 Å². The van der Waals surface area contributed by atoms with Crippen LogP contribution in [0.4, 0.5) is 5.69 Å². The van der Waals surface area contributed by atoms with Gasteiger partial charge in [-0.2, -0.15) is 9.41 Å². The summed E-state index contributed by atoms with van der Waals surface area (Å²) in [6, 6.07) is 18.4. The topological polar surface area (TPSA) is 89.4 Å². The van der Waals surface area contributed by atoms with E-state index in [1.54, 1.807) is 53.2 Å². The highest BCUT2D eigenvalue weighted by Crippen LogP contribution is 2.23. The number of morpholine rings is 1. The standard InChI is InChI=1S/C25H24N4O4S3/c1-34-21-8-4-19(5-9-21)17-26-29-23(24-3-2-14-33-24)18-35-25(29)27-20-6-10-22(11-7-20)36(30,31)28-12-15-32-16-13-28/h2-11,14,17-18H,12-13,15-16H2,1H3. The molecule has 0 aliphatic carbocycles. The molecule has 2 aromatic heterocycles. The molecule has 1 aliphatic rings. The first kappa shape index (κ1) is 24.7. The summed E-state index contributed by atoms with van der Waals surface area (Å²) in [6.45, 7) is 1.53. The number of benzene rings is 2. The van der Waals surface area contributed by atoms with Gasteiger partial charge in [-0.05, 0) is 60.4 Å². The molecular weight excluding hydrogens is 517 g/mol. The van der Waals surface area contributed by atoms with Gasteiger partial charge in [-0.15, -0.1) is 23.1 Å². The summed E-state index contributed by atoms with van der Waals surface area (Å²) in [4.78, 5) is 6.79. The molecule has 186 valence electrons. The normalized spacial score (nSPS) is 15.6. The van der Waals surface area contributed by atoms with E-state index in [0.717, 1.165) is 11.3 Å². The van der Waals surface area contributed by atoms with Crippen molar-refractivity contribution in [2.24, 2.45) is 10.1 Å². The molecule has 2 aromatic carbocycles. The van der Waals surface area contributed by atoms with E-state index in [4.69, 9.17) is 14.1 Å². The van der Waals surface area contributed by atoms with Crippen LogP contribution >= 0.6 is 23.1 Å². The number of nitrogens with zero attached hydrogens (tertiary/aromatic N) is 4. The van der Waals surface area contributed by atoms with Crippen LogP contribution in [0, 0.1) is 0 Å². The van der Waals surface area contributed by atoms with Gasteiger partial charge in [0.2, 0.25) is 14.8 Å². The summed E-state index contributed by atoms with van der Waals surface area (Å²) < 4.78 is 39.9. The van der Waals surface area contributed by atoms with Crippen LogP contribution in [0.5, 0.6) is 0 Å². The van der Waals surface area contributed by atoms with Gasteiger partial charge in [-0.3, -0.25) is 0 Å². The Labute approximate surface area is 217 Å². The number of thioether (sulfide) groups is 1. The zero-order valence-corrected chi connectivity index (χ0v) is 21.9. The molecule has 0 N–H and O–H groups in total. The molecule has 1 saturated heterocycles. The van der Waals surface area contributed by atoms with E-state index in [1.165, 1.54) is 20.5 Å². The van der Waals surface area contributed by atoms with Crippen LogP contribution in [0.15, 0.2) is 96.6 Å².